The molecule has 5 nitrogen and oxygen atoms in total. The largest absolute Gasteiger partial charge is 0.476 e. The number of hydrogen-bond donors (Lipinski definition) is 1. The maximum absolute atomic E-state index is 11.4. The lowest BCUT2D eigenvalue weighted by Crippen LogP contribution is -2.13. The van der Waals surface area contributed by atoms with Crippen molar-refractivity contribution in [2.45, 2.75) is 25.2 Å². The van der Waals surface area contributed by atoms with Crippen LogP contribution in [0.15, 0.2) is 18.3 Å². The Bertz CT molecular complexity index is 641. The van der Waals surface area contributed by atoms with Gasteiger partial charge in [-0.3, -0.25) is 0 Å². The summed E-state index contributed by atoms with van der Waals surface area (Å²) in [7, 11) is 3.83. The van der Waals surface area contributed by atoms with Crippen LogP contribution in [0.4, 0.5) is 5.69 Å². The van der Waals surface area contributed by atoms with E-state index in [1.54, 1.807) is 0 Å². The van der Waals surface area contributed by atoms with Gasteiger partial charge in [-0.2, -0.15) is 0 Å². The molecule has 0 saturated heterocycles. The van der Waals surface area contributed by atoms with E-state index in [4.69, 9.17) is 0 Å². The molecule has 0 atom stereocenters. The fourth-order valence-electron chi connectivity index (χ4n) is 2.61. The molecule has 19 heavy (non-hydrogen) atoms. The van der Waals surface area contributed by atoms with E-state index in [2.05, 4.69) is 4.98 Å². The van der Waals surface area contributed by atoms with Crippen molar-refractivity contribution in [1.29, 1.82) is 0 Å². The number of aromatic nitrogens is 2. The van der Waals surface area contributed by atoms with Gasteiger partial charge in [0, 0.05) is 26.2 Å². The third kappa shape index (κ3) is 1.77. The Hall–Kier alpha value is -2.04. The van der Waals surface area contributed by atoms with Gasteiger partial charge in [0.05, 0.1) is 5.69 Å². The van der Waals surface area contributed by atoms with E-state index < -0.39 is 5.97 Å². The number of imidazole rings is 1. The first-order valence-electron chi connectivity index (χ1n) is 6.51. The van der Waals surface area contributed by atoms with Gasteiger partial charge >= 0.3 is 5.97 Å². The first-order valence-corrected chi connectivity index (χ1v) is 6.51. The molecule has 2 aromatic rings. The van der Waals surface area contributed by atoms with Gasteiger partial charge in [-0.25, -0.2) is 9.78 Å². The molecule has 0 radical (unpaired) electrons. The predicted molar refractivity (Wildman–Crippen MR) is 73.1 cm³/mol. The maximum Gasteiger partial charge on any atom is 0.356 e. The highest BCUT2D eigenvalue weighted by Gasteiger charge is 2.28. The summed E-state index contributed by atoms with van der Waals surface area (Å²) in [6.07, 6.45) is 5.32. The molecule has 0 bridgehead atoms. The van der Waals surface area contributed by atoms with Crippen molar-refractivity contribution >= 4 is 17.2 Å². The van der Waals surface area contributed by atoms with Crippen molar-refractivity contribution < 1.29 is 9.90 Å². The van der Waals surface area contributed by atoms with E-state index in [1.807, 2.05) is 41.7 Å². The number of anilines is 1. The summed E-state index contributed by atoms with van der Waals surface area (Å²) in [5.74, 6) is 0.331. The average Bonchev–Trinajstić information content (AvgIpc) is 2.66. The fraction of sp³-hybridized carbons (Fsp3) is 0.429. The Labute approximate surface area is 111 Å². The Morgan fingerprint density at radius 1 is 1.47 bits per heavy atom. The summed E-state index contributed by atoms with van der Waals surface area (Å²) in [5.41, 5.74) is 1.74. The molecule has 1 aliphatic carbocycles. The number of carbonyl (C=O) groups is 1. The third-order valence-corrected chi connectivity index (χ3v) is 3.82. The van der Waals surface area contributed by atoms with Gasteiger partial charge in [0.25, 0.3) is 0 Å². The molecule has 3 rings (SSSR count). The normalized spacial score (nSPS) is 15.5. The van der Waals surface area contributed by atoms with Crippen molar-refractivity contribution in [3.63, 3.8) is 0 Å². The number of nitrogens with zero attached hydrogens (tertiary/aromatic N) is 3. The molecule has 5 heteroatoms. The zero-order valence-corrected chi connectivity index (χ0v) is 11.1. The van der Waals surface area contributed by atoms with Crippen LogP contribution in [0.5, 0.6) is 0 Å². The van der Waals surface area contributed by atoms with Crippen LogP contribution in [0.3, 0.4) is 0 Å². The molecule has 2 heterocycles. The number of carboxylic acid groups (broad SMARTS) is 1. The SMILES string of the molecule is CN(C)c1cccn2c(C3CCC3)nc(C(=O)O)c12. The molecule has 100 valence electrons. The number of fused-ring (bicyclic) bond motifs is 1. The molecule has 2 aromatic heterocycles. The van der Waals surface area contributed by atoms with Gasteiger partial charge in [-0.15, -0.1) is 0 Å². The van der Waals surface area contributed by atoms with Crippen molar-refractivity contribution in [1.82, 2.24) is 9.38 Å². The molecular formula is C14H17N3O2. The monoisotopic (exact) mass is 259 g/mol. The molecule has 0 aromatic carbocycles. The Balaban J connectivity index is 2.30. The maximum atomic E-state index is 11.4. The lowest BCUT2D eigenvalue weighted by atomic mass is 9.85. The minimum absolute atomic E-state index is 0.159. The van der Waals surface area contributed by atoms with Crippen LogP contribution in [0.25, 0.3) is 5.52 Å². The lowest BCUT2D eigenvalue weighted by molar-refractivity contribution is 0.0693. The minimum Gasteiger partial charge on any atom is -0.476 e. The van der Waals surface area contributed by atoms with Crippen molar-refractivity contribution in [3.05, 3.63) is 29.8 Å². The quantitative estimate of drug-likeness (QED) is 0.919. The smallest absolute Gasteiger partial charge is 0.356 e. The Morgan fingerprint density at radius 3 is 2.74 bits per heavy atom. The average molecular weight is 259 g/mol. The molecular weight excluding hydrogens is 242 g/mol. The second-order valence-corrected chi connectivity index (χ2v) is 5.26. The third-order valence-electron chi connectivity index (χ3n) is 3.82. The number of carboxylic acids is 1. The highest BCUT2D eigenvalue weighted by atomic mass is 16.4. The van der Waals surface area contributed by atoms with Crippen LogP contribution >= 0.6 is 0 Å². The number of pyridine rings is 1. The van der Waals surface area contributed by atoms with Crippen LogP contribution in [-0.2, 0) is 0 Å². The lowest BCUT2D eigenvalue weighted by Gasteiger charge is -2.24. The Morgan fingerprint density at radius 2 is 2.21 bits per heavy atom. The van der Waals surface area contributed by atoms with Gasteiger partial charge in [-0.05, 0) is 25.0 Å². The number of rotatable bonds is 3. The first-order chi connectivity index (χ1) is 9.09. The highest BCUT2D eigenvalue weighted by molar-refractivity contribution is 5.98. The second kappa shape index (κ2) is 4.26. The van der Waals surface area contributed by atoms with E-state index in [1.165, 1.54) is 6.42 Å². The van der Waals surface area contributed by atoms with Gasteiger partial charge in [0.15, 0.2) is 5.69 Å². The van der Waals surface area contributed by atoms with E-state index >= 15 is 0 Å². The Kier molecular flexibility index (Phi) is 2.69. The van der Waals surface area contributed by atoms with Crippen LogP contribution in [0.1, 0.15) is 41.5 Å². The topological polar surface area (TPSA) is 57.8 Å². The molecule has 0 amide bonds. The highest BCUT2D eigenvalue weighted by Crippen LogP contribution is 2.37. The second-order valence-electron chi connectivity index (χ2n) is 5.26. The van der Waals surface area contributed by atoms with Crippen LogP contribution < -0.4 is 4.90 Å². The molecule has 1 aliphatic rings. The summed E-state index contributed by atoms with van der Waals surface area (Å²) < 4.78 is 1.95. The summed E-state index contributed by atoms with van der Waals surface area (Å²) in [5, 5.41) is 9.38. The number of hydrogen-bond acceptors (Lipinski definition) is 3. The zero-order valence-electron chi connectivity index (χ0n) is 11.1. The first kappa shape index (κ1) is 12.0. The molecule has 1 fully saturated rings. The fourth-order valence-corrected chi connectivity index (χ4v) is 2.61. The minimum atomic E-state index is -0.961. The van der Waals surface area contributed by atoms with Gasteiger partial charge in [-0.1, -0.05) is 6.42 Å². The predicted octanol–water partition coefficient (Wildman–Crippen LogP) is 2.37. The van der Waals surface area contributed by atoms with E-state index in [9.17, 15) is 9.90 Å². The van der Waals surface area contributed by atoms with Crippen LogP contribution in [0.2, 0.25) is 0 Å². The standard InChI is InChI=1S/C14H17N3O2/c1-16(2)10-7-4-8-17-12(10)11(14(18)19)15-13(17)9-5-3-6-9/h4,7-9H,3,5-6H2,1-2H3,(H,18,19). The van der Waals surface area contributed by atoms with E-state index in [-0.39, 0.29) is 5.69 Å². The molecule has 1 N–H and O–H groups in total. The summed E-state index contributed by atoms with van der Waals surface area (Å²) >= 11 is 0. The van der Waals surface area contributed by atoms with Crippen molar-refractivity contribution in [3.8, 4) is 0 Å². The summed E-state index contributed by atoms with van der Waals surface area (Å²) in [4.78, 5) is 17.8. The summed E-state index contributed by atoms with van der Waals surface area (Å²) in [6, 6.07) is 3.87. The molecule has 0 spiro atoms. The van der Waals surface area contributed by atoms with Crippen LogP contribution in [-0.4, -0.2) is 34.6 Å². The molecule has 0 unspecified atom stereocenters. The summed E-state index contributed by atoms with van der Waals surface area (Å²) in [6.45, 7) is 0. The van der Waals surface area contributed by atoms with Gasteiger partial charge in [0.1, 0.15) is 11.3 Å². The van der Waals surface area contributed by atoms with Gasteiger partial charge < -0.3 is 14.4 Å². The van der Waals surface area contributed by atoms with Gasteiger partial charge in [0.2, 0.25) is 0 Å². The number of aromatic carboxylic acids is 1. The van der Waals surface area contributed by atoms with E-state index in [0.29, 0.717) is 11.4 Å². The van der Waals surface area contributed by atoms with Crippen molar-refractivity contribution in [2.24, 2.45) is 0 Å². The van der Waals surface area contributed by atoms with Crippen molar-refractivity contribution in [2.75, 3.05) is 19.0 Å². The van der Waals surface area contributed by atoms with Crippen LogP contribution in [0, 0.1) is 0 Å². The van der Waals surface area contributed by atoms with E-state index in [0.717, 1.165) is 24.4 Å². The molecule has 0 aliphatic heterocycles. The zero-order chi connectivity index (χ0) is 13.6. The molecule has 1 saturated carbocycles.